The van der Waals surface area contributed by atoms with Crippen molar-refractivity contribution in [3.63, 3.8) is 0 Å². The van der Waals surface area contributed by atoms with Crippen LogP contribution in [0.4, 0.5) is 10.2 Å². The average Bonchev–Trinajstić information content (AvgIpc) is 3.40. The quantitative estimate of drug-likeness (QED) is 0.556. The molecule has 1 saturated heterocycles. The van der Waals surface area contributed by atoms with Crippen LogP contribution in [0.3, 0.4) is 0 Å². The second-order valence-corrected chi connectivity index (χ2v) is 7.45. The third-order valence-electron chi connectivity index (χ3n) is 5.69. The number of nitrogens with one attached hydrogen (secondary N) is 1. The first-order valence-corrected chi connectivity index (χ1v) is 9.34. The van der Waals surface area contributed by atoms with Crippen LogP contribution in [-0.4, -0.2) is 47.0 Å². The monoisotopic (exact) mass is 387 g/mol. The molecule has 2 aliphatic rings. The van der Waals surface area contributed by atoms with Gasteiger partial charge in [0, 0.05) is 25.0 Å². The lowest BCUT2D eigenvalue weighted by molar-refractivity contribution is 0.421. The van der Waals surface area contributed by atoms with Crippen LogP contribution in [0.2, 0.25) is 0 Å². The number of likely N-dealkylation sites (N-methyl/N-ethyl adjacent to an activating group) is 1. The SMILES string of the molecule is [C-]#[N+]CC(NC)C1CCN(c2nc3c(cc2F)c(=O)n(N)c(=O)n3C2CC2)C1. The number of fused-ring (bicyclic) bond motifs is 1. The molecule has 1 saturated carbocycles. The van der Waals surface area contributed by atoms with Gasteiger partial charge in [0.25, 0.3) is 5.56 Å². The lowest BCUT2D eigenvalue weighted by Crippen LogP contribution is -2.45. The Labute approximate surface area is 160 Å². The topological polar surface area (TPSA) is 103 Å². The lowest BCUT2D eigenvalue weighted by Gasteiger charge is -2.21. The molecule has 148 valence electrons. The molecular weight excluding hydrogens is 365 g/mol. The van der Waals surface area contributed by atoms with Gasteiger partial charge in [0.1, 0.15) is 0 Å². The number of aromatic nitrogens is 3. The zero-order chi connectivity index (χ0) is 20.0. The second kappa shape index (κ2) is 6.91. The van der Waals surface area contributed by atoms with Gasteiger partial charge >= 0.3 is 5.69 Å². The minimum absolute atomic E-state index is 0.00658. The van der Waals surface area contributed by atoms with Crippen LogP contribution in [0.15, 0.2) is 15.7 Å². The molecule has 2 aromatic heterocycles. The highest BCUT2D eigenvalue weighted by Crippen LogP contribution is 2.36. The van der Waals surface area contributed by atoms with E-state index in [2.05, 4.69) is 15.1 Å². The maximum Gasteiger partial charge on any atom is 0.351 e. The summed E-state index contributed by atoms with van der Waals surface area (Å²) >= 11 is 0. The van der Waals surface area contributed by atoms with Gasteiger partial charge in [-0.2, -0.15) is 4.68 Å². The van der Waals surface area contributed by atoms with Crippen molar-refractivity contribution in [2.45, 2.75) is 31.3 Å². The van der Waals surface area contributed by atoms with Crippen LogP contribution in [0.1, 0.15) is 25.3 Å². The maximum absolute atomic E-state index is 14.8. The molecule has 3 N–H and O–H groups in total. The van der Waals surface area contributed by atoms with E-state index in [1.165, 1.54) is 4.57 Å². The Morgan fingerprint density at radius 3 is 2.82 bits per heavy atom. The Hall–Kier alpha value is -2.93. The van der Waals surface area contributed by atoms with E-state index < -0.39 is 17.1 Å². The molecule has 0 amide bonds. The zero-order valence-corrected chi connectivity index (χ0v) is 15.6. The van der Waals surface area contributed by atoms with Gasteiger partial charge < -0.3 is 20.9 Å². The molecule has 1 aliphatic heterocycles. The number of anilines is 1. The van der Waals surface area contributed by atoms with Gasteiger partial charge in [-0.3, -0.25) is 9.36 Å². The van der Waals surface area contributed by atoms with Gasteiger partial charge in [0.05, 0.1) is 11.4 Å². The molecule has 3 heterocycles. The van der Waals surface area contributed by atoms with Gasteiger partial charge in [-0.15, -0.1) is 0 Å². The third kappa shape index (κ3) is 2.92. The molecule has 28 heavy (non-hydrogen) atoms. The van der Waals surface area contributed by atoms with Crippen LogP contribution in [-0.2, 0) is 0 Å². The molecule has 1 aliphatic carbocycles. The van der Waals surface area contributed by atoms with Gasteiger partial charge in [0.15, 0.2) is 17.3 Å². The van der Waals surface area contributed by atoms with Crippen molar-refractivity contribution >= 4 is 16.9 Å². The number of hydrogen-bond donors (Lipinski definition) is 2. The average molecular weight is 387 g/mol. The van der Waals surface area contributed by atoms with Crippen molar-refractivity contribution in [2.75, 3.05) is 37.4 Å². The van der Waals surface area contributed by atoms with E-state index >= 15 is 0 Å². The first-order valence-electron chi connectivity index (χ1n) is 9.34. The molecule has 0 radical (unpaired) electrons. The molecule has 4 rings (SSSR count). The molecule has 2 atom stereocenters. The highest BCUT2D eigenvalue weighted by molar-refractivity contribution is 5.77. The largest absolute Gasteiger partial charge is 0.354 e. The van der Waals surface area contributed by atoms with E-state index in [9.17, 15) is 14.0 Å². The Morgan fingerprint density at radius 2 is 2.18 bits per heavy atom. The van der Waals surface area contributed by atoms with Crippen molar-refractivity contribution in [3.8, 4) is 0 Å². The van der Waals surface area contributed by atoms with E-state index in [4.69, 9.17) is 12.4 Å². The first kappa shape index (κ1) is 18.4. The molecule has 2 fully saturated rings. The number of nitrogen functional groups attached to an aromatic ring is 1. The summed E-state index contributed by atoms with van der Waals surface area (Å²) < 4.78 is 16.8. The zero-order valence-electron chi connectivity index (χ0n) is 15.6. The Morgan fingerprint density at radius 1 is 1.43 bits per heavy atom. The summed E-state index contributed by atoms with van der Waals surface area (Å²) in [5.41, 5.74) is -1.19. The fourth-order valence-corrected chi connectivity index (χ4v) is 4.00. The molecule has 10 heteroatoms. The molecule has 2 unspecified atom stereocenters. The predicted molar refractivity (Wildman–Crippen MR) is 103 cm³/mol. The van der Waals surface area contributed by atoms with Crippen LogP contribution in [0, 0.1) is 18.3 Å². The highest BCUT2D eigenvalue weighted by atomic mass is 19.1. The maximum atomic E-state index is 14.8. The van der Waals surface area contributed by atoms with Gasteiger partial charge in [-0.05, 0) is 32.4 Å². The minimum Gasteiger partial charge on any atom is -0.354 e. The van der Waals surface area contributed by atoms with E-state index in [0.29, 0.717) is 24.3 Å². The molecule has 0 aromatic carbocycles. The summed E-state index contributed by atoms with van der Waals surface area (Å²) in [6.07, 6.45) is 2.40. The lowest BCUT2D eigenvalue weighted by atomic mass is 9.99. The fourth-order valence-electron chi connectivity index (χ4n) is 4.00. The number of hydrogen-bond acceptors (Lipinski definition) is 6. The van der Waals surface area contributed by atoms with E-state index in [0.717, 1.165) is 25.3 Å². The summed E-state index contributed by atoms with van der Waals surface area (Å²) in [5.74, 6) is 5.31. The van der Waals surface area contributed by atoms with Crippen LogP contribution >= 0.6 is 0 Å². The summed E-state index contributed by atoms with van der Waals surface area (Å²) in [6.45, 7) is 8.60. The van der Waals surface area contributed by atoms with Crippen LogP contribution in [0.5, 0.6) is 0 Å². The number of pyridine rings is 1. The Balaban J connectivity index is 1.77. The van der Waals surface area contributed by atoms with Crippen molar-refractivity contribution in [1.82, 2.24) is 19.5 Å². The van der Waals surface area contributed by atoms with Crippen LogP contribution < -0.4 is 27.3 Å². The van der Waals surface area contributed by atoms with Gasteiger partial charge in [0.2, 0.25) is 6.54 Å². The number of halogens is 1. The van der Waals surface area contributed by atoms with Gasteiger partial charge in [-0.25, -0.2) is 20.7 Å². The van der Waals surface area contributed by atoms with Crippen molar-refractivity contribution < 1.29 is 4.39 Å². The number of nitrogens with zero attached hydrogens (tertiary/aromatic N) is 5. The first-order chi connectivity index (χ1) is 13.5. The molecule has 0 bridgehead atoms. The summed E-state index contributed by atoms with van der Waals surface area (Å²) in [6, 6.07) is 1.10. The van der Waals surface area contributed by atoms with Crippen LogP contribution in [0.25, 0.3) is 15.9 Å². The third-order valence-corrected chi connectivity index (χ3v) is 5.69. The predicted octanol–water partition coefficient (Wildman–Crippen LogP) is 0.0796. The molecular formula is C18H22FN7O2. The highest BCUT2D eigenvalue weighted by Gasteiger charge is 2.34. The fraction of sp³-hybridized carbons (Fsp3) is 0.556. The van der Waals surface area contributed by atoms with Crippen molar-refractivity contribution in [2.24, 2.45) is 5.92 Å². The number of rotatable bonds is 5. The minimum atomic E-state index is -0.749. The van der Waals surface area contributed by atoms with Crippen molar-refractivity contribution in [1.29, 1.82) is 0 Å². The van der Waals surface area contributed by atoms with E-state index in [-0.39, 0.29) is 34.9 Å². The van der Waals surface area contributed by atoms with E-state index in [1.54, 1.807) is 0 Å². The second-order valence-electron chi connectivity index (χ2n) is 7.45. The summed E-state index contributed by atoms with van der Waals surface area (Å²) in [4.78, 5) is 34.5. The Kier molecular flexibility index (Phi) is 4.55. The molecule has 0 spiro atoms. The Bertz CT molecular complexity index is 1080. The van der Waals surface area contributed by atoms with Crippen molar-refractivity contribution in [3.05, 3.63) is 44.1 Å². The van der Waals surface area contributed by atoms with Gasteiger partial charge in [-0.1, -0.05) is 0 Å². The standard InChI is InChI=1S/C18H22FN7O2/c1-21-8-14(22-2)10-5-6-24(9-10)16-13(19)7-12-15(23-16)25(11-3-4-11)18(28)26(20)17(12)27/h7,10-11,14,22H,3-6,8-9,20H2,2H3. The molecule has 2 aromatic rings. The normalized spacial score (nSPS) is 20.5. The summed E-state index contributed by atoms with van der Waals surface area (Å²) in [7, 11) is 1.82. The smallest absolute Gasteiger partial charge is 0.351 e. The van der Waals surface area contributed by atoms with E-state index in [1.807, 2.05) is 11.9 Å². The summed E-state index contributed by atoms with van der Waals surface area (Å²) in [5, 5.41) is 3.16. The number of nitrogens with two attached hydrogens (primary N) is 1. The molecule has 9 nitrogen and oxygen atoms in total.